The van der Waals surface area contributed by atoms with Crippen molar-refractivity contribution in [1.29, 1.82) is 0 Å². The number of aryl methyl sites for hydroxylation is 1. The average Bonchev–Trinajstić information content (AvgIpc) is 3.03. The van der Waals surface area contributed by atoms with E-state index in [-0.39, 0.29) is 30.3 Å². The highest BCUT2D eigenvalue weighted by Gasteiger charge is 2.15. The Hall–Kier alpha value is -2.47. The zero-order valence-corrected chi connectivity index (χ0v) is 16.2. The predicted molar refractivity (Wildman–Crippen MR) is 102 cm³/mol. The number of carbonyl (C=O) groups is 3. The second kappa shape index (κ2) is 8.27. The first-order valence-electron chi connectivity index (χ1n) is 8.31. The molecule has 0 aliphatic carbocycles. The van der Waals surface area contributed by atoms with E-state index in [2.05, 4.69) is 26.1 Å². The highest BCUT2D eigenvalue weighted by Crippen LogP contribution is 2.22. The van der Waals surface area contributed by atoms with Crippen molar-refractivity contribution >= 4 is 29.0 Å². The normalized spacial score (nSPS) is 11.1. The molecule has 0 bridgehead atoms. The van der Waals surface area contributed by atoms with Gasteiger partial charge in [-0.25, -0.2) is 0 Å². The molecule has 26 heavy (non-hydrogen) atoms. The van der Waals surface area contributed by atoms with Gasteiger partial charge in [-0.2, -0.15) is 0 Å². The second-order valence-corrected chi connectivity index (χ2v) is 8.29. The molecule has 0 atom stereocenters. The third kappa shape index (κ3) is 5.52. The molecule has 0 aliphatic heterocycles. The Morgan fingerprint density at radius 3 is 2.23 bits per heavy atom. The quantitative estimate of drug-likeness (QED) is 0.621. The van der Waals surface area contributed by atoms with E-state index >= 15 is 0 Å². The Kier molecular flexibility index (Phi) is 6.32. The summed E-state index contributed by atoms with van der Waals surface area (Å²) in [6.45, 7) is 7.58. The lowest BCUT2D eigenvalue weighted by Gasteiger charge is -2.19. The molecule has 0 spiro atoms. The van der Waals surface area contributed by atoms with Crippen LogP contribution in [0, 0.1) is 6.92 Å². The van der Waals surface area contributed by atoms with Crippen molar-refractivity contribution in [3.8, 4) is 0 Å². The highest BCUT2D eigenvalue weighted by molar-refractivity contribution is 7.14. The maximum Gasteiger partial charge on any atom is 0.325 e. The molecule has 1 aromatic heterocycles. The number of benzene rings is 1. The number of hydrogen-bond donors (Lipinski definition) is 1. The molecule has 0 radical (unpaired) electrons. The lowest BCUT2D eigenvalue weighted by atomic mass is 9.87. The summed E-state index contributed by atoms with van der Waals surface area (Å²) in [5.41, 5.74) is 1.60. The largest absolute Gasteiger partial charge is 0.456 e. The minimum absolute atomic E-state index is 0.00640. The summed E-state index contributed by atoms with van der Waals surface area (Å²) in [5, 5.41) is 2.50. The molecular weight excluding hydrogens is 350 g/mol. The van der Waals surface area contributed by atoms with Crippen molar-refractivity contribution in [2.24, 2.45) is 0 Å². The molecule has 138 valence electrons. The summed E-state index contributed by atoms with van der Waals surface area (Å²) in [5.74, 6) is -1.26. The molecule has 1 aromatic carbocycles. The first kappa shape index (κ1) is 19.8. The van der Waals surface area contributed by atoms with Gasteiger partial charge < -0.3 is 10.1 Å². The Morgan fingerprint density at radius 2 is 1.69 bits per heavy atom. The van der Waals surface area contributed by atoms with Gasteiger partial charge >= 0.3 is 5.97 Å². The molecule has 1 amide bonds. The average molecular weight is 373 g/mol. The van der Waals surface area contributed by atoms with Crippen LogP contribution in [-0.2, 0) is 14.9 Å². The third-order valence-electron chi connectivity index (χ3n) is 3.79. The van der Waals surface area contributed by atoms with Crippen LogP contribution in [-0.4, -0.2) is 30.8 Å². The van der Waals surface area contributed by atoms with Gasteiger partial charge in [0.05, 0.1) is 4.88 Å². The van der Waals surface area contributed by atoms with E-state index in [9.17, 15) is 14.4 Å². The van der Waals surface area contributed by atoms with Crippen LogP contribution in [0.1, 0.15) is 51.2 Å². The number of ether oxygens (including phenoxy) is 1. The summed E-state index contributed by atoms with van der Waals surface area (Å²) >= 11 is 1.36. The number of esters is 1. The van der Waals surface area contributed by atoms with Crippen molar-refractivity contribution in [3.63, 3.8) is 0 Å². The van der Waals surface area contributed by atoms with Gasteiger partial charge in [-0.05, 0) is 42.2 Å². The number of Topliss-reactive ketones (excluding diaryl/α,β-unsaturated/α-hetero) is 1. The zero-order valence-electron chi connectivity index (χ0n) is 15.4. The number of amides is 1. The van der Waals surface area contributed by atoms with Gasteiger partial charge in [0.15, 0.2) is 6.61 Å². The first-order valence-corrected chi connectivity index (χ1v) is 9.12. The van der Waals surface area contributed by atoms with E-state index < -0.39 is 5.97 Å². The molecule has 1 heterocycles. The maximum atomic E-state index is 12.1. The van der Waals surface area contributed by atoms with Crippen LogP contribution in [0.4, 0.5) is 0 Å². The van der Waals surface area contributed by atoms with Gasteiger partial charge in [-0.3, -0.25) is 14.4 Å². The Labute approximate surface area is 157 Å². The lowest BCUT2D eigenvalue weighted by molar-refractivity contribution is -0.141. The van der Waals surface area contributed by atoms with Gasteiger partial charge in [-0.15, -0.1) is 11.3 Å². The zero-order chi connectivity index (χ0) is 19.3. The molecule has 0 aliphatic rings. The molecule has 1 N–H and O–H groups in total. The van der Waals surface area contributed by atoms with Crippen LogP contribution in [0.25, 0.3) is 0 Å². The van der Waals surface area contributed by atoms with Crippen molar-refractivity contribution in [3.05, 3.63) is 57.3 Å². The van der Waals surface area contributed by atoms with Crippen LogP contribution in [0.3, 0.4) is 0 Å². The van der Waals surface area contributed by atoms with Crippen LogP contribution >= 0.6 is 11.3 Å². The summed E-state index contributed by atoms with van der Waals surface area (Å²) in [7, 11) is 0. The van der Waals surface area contributed by atoms with Crippen molar-refractivity contribution in [2.45, 2.75) is 33.1 Å². The minimum atomic E-state index is -0.647. The van der Waals surface area contributed by atoms with E-state index in [1.165, 1.54) is 11.3 Å². The fourth-order valence-corrected chi connectivity index (χ4v) is 3.02. The van der Waals surface area contributed by atoms with Crippen molar-refractivity contribution in [1.82, 2.24) is 5.32 Å². The van der Waals surface area contributed by atoms with Gasteiger partial charge in [0.2, 0.25) is 5.78 Å². The van der Waals surface area contributed by atoms with E-state index in [1.54, 1.807) is 18.2 Å². The second-order valence-electron chi connectivity index (χ2n) is 7.00. The van der Waals surface area contributed by atoms with E-state index in [0.29, 0.717) is 10.4 Å². The number of nitrogens with one attached hydrogen (secondary N) is 1. The third-order valence-corrected chi connectivity index (χ3v) is 4.83. The van der Waals surface area contributed by atoms with E-state index in [4.69, 9.17) is 4.74 Å². The number of hydrogen-bond acceptors (Lipinski definition) is 5. The molecule has 2 aromatic rings. The van der Waals surface area contributed by atoms with Crippen molar-refractivity contribution < 1.29 is 19.1 Å². The summed E-state index contributed by atoms with van der Waals surface area (Å²) in [6, 6.07) is 10.8. The van der Waals surface area contributed by atoms with E-state index in [1.807, 2.05) is 25.1 Å². The molecule has 5 nitrogen and oxygen atoms in total. The molecule has 0 saturated carbocycles. The summed E-state index contributed by atoms with van der Waals surface area (Å²) in [6.07, 6.45) is 0. The highest BCUT2D eigenvalue weighted by atomic mass is 32.1. The molecular formula is C20H23NO4S. The summed E-state index contributed by atoms with van der Waals surface area (Å²) < 4.78 is 4.92. The Morgan fingerprint density at radius 1 is 1.04 bits per heavy atom. The van der Waals surface area contributed by atoms with E-state index in [0.717, 1.165) is 10.4 Å². The lowest BCUT2D eigenvalue weighted by Crippen LogP contribution is -2.31. The van der Waals surface area contributed by atoms with Crippen LogP contribution in [0.5, 0.6) is 0 Å². The Bertz CT molecular complexity index is 800. The fourth-order valence-electron chi connectivity index (χ4n) is 2.23. The maximum absolute atomic E-state index is 12.1. The topological polar surface area (TPSA) is 72.5 Å². The van der Waals surface area contributed by atoms with Crippen molar-refractivity contribution in [2.75, 3.05) is 13.2 Å². The molecule has 0 unspecified atom stereocenters. The van der Waals surface area contributed by atoms with Crippen LogP contribution in [0.15, 0.2) is 36.4 Å². The van der Waals surface area contributed by atoms with Gasteiger partial charge in [0.1, 0.15) is 6.54 Å². The number of ketones is 1. The number of rotatable bonds is 6. The smallest absolute Gasteiger partial charge is 0.325 e. The van der Waals surface area contributed by atoms with Gasteiger partial charge in [0.25, 0.3) is 5.91 Å². The Balaban J connectivity index is 1.79. The molecule has 6 heteroatoms. The van der Waals surface area contributed by atoms with Crippen LogP contribution in [0.2, 0.25) is 0 Å². The molecule has 0 fully saturated rings. The predicted octanol–water partition coefficient (Wildman–Crippen LogP) is 3.51. The first-order chi connectivity index (χ1) is 12.2. The fraction of sp³-hybridized carbons (Fsp3) is 0.350. The molecule has 0 saturated heterocycles. The molecule has 2 rings (SSSR count). The van der Waals surface area contributed by atoms with Gasteiger partial charge in [-0.1, -0.05) is 32.9 Å². The standard InChI is InChI=1S/C20H23NO4S/c1-13-5-10-17(26-13)16(22)12-25-18(23)11-21-19(24)14-6-8-15(9-7-14)20(2,3)4/h5-10H,11-12H2,1-4H3,(H,21,24). The number of carbonyl (C=O) groups excluding carboxylic acids is 3. The van der Waals surface area contributed by atoms with Gasteiger partial charge in [0, 0.05) is 10.4 Å². The monoisotopic (exact) mass is 373 g/mol. The van der Waals surface area contributed by atoms with Crippen LogP contribution < -0.4 is 5.32 Å². The number of thiophene rings is 1. The summed E-state index contributed by atoms with van der Waals surface area (Å²) in [4.78, 5) is 37.3. The minimum Gasteiger partial charge on any atom is -0.456 e. The SMILES string of the molecule is Cc1ccc(C(=O)COC(=O)CNC(=O)c2ccc(C(C)(C)C)cc2)s1.